The zero-order valence-electron chi connectivity index (χ0n) is 16.8. The van der Waals surface area contributed by atoms with Crippen LogP contribution in [-0.4, -0.2) is 56.0 Å². The van der Waals surface area contributed by atoms with Gasteiger partial charge in [0.1, 0.15) is 0 Å². The SMILES string of the molecule is CCC1CCCCN1CCNC(=NC)NCCC(=O)NCc1ccccc1. The Kier molecular flexibility index (Phi) is 9.69. The molecule has 3 N–H and O–H groups in total. The number of amides is 1. The average molecular weight is 374 g/mol. The number of hydrogen-bond donors (Lipinski definition) is 3. The van der Waals surface area contributed by atoms with E-state index < -0.39 is 0 Å². The van der Waals surface area contributed by atoms with E-state index in [-0.39, 0.29) is 5.91 Å². The van der Waals surface area contributed by atoms with E-state index in [1.807, 2.05) is 30.3 Å². The van der Waals surface area contributed by atoms with E-state index in [0.717, 1.165) is 30.7 Å². The number of nitrogens with zero attached hydrogens (tertiary/aromatic N) is 2. The molecule has 1 aromatic carbocycles. The molecule has 6 heteroatoms. The molecule has 0 saturated carbocycles. The third-order valence-corrected chi connectivity index (χ3v) is 5.11. The number of piperidine rings is 1. The fourth-order valence-electron chi connectivity index (χ4n) is 3.53. The third kappa shape index (κ3) is 7.99. The highest BCUT2D eigenvalue weighted by Gasteiger charge is 2.19. The molecule has 1 aromatic rings. The summed E-state index contributed by atoms with van der Waals surface area (Å²) < 4.78 is 0. The lowest BCUT2D eigenvalue weighted by Crippen LogP contribution is -2.46. The van der Waals surface area contributed by atoms with Crippen molar-refractivity contribution < 1.29 is 4.79 Å². The molecule has 1 aliphatic rings. The van der Waals surface area contributed by atoms with Crippen molar-refractivity contribution in [1.29, 1.82) is 0 Å². The minimum Gasteiger partial charge on any atom is -0.356 e. The molecule has 6 nitrogen and oxygen atoms in total. The van der Waals surface area contributed by atoms with E-state index >= 15 is 0 Å². The van der Waals surface area contributed by atoms with Crippen LogP contribution in [0.25, 0.3) is 0 Å². The molecule has 1 unspecified atom stereocenters. The molecule has 1 atom stereocenters. The average Bonchev–Trinajstić information content (AvgIpc) is 2.72. The molecular formula is C21H35N5O. The molecule has 0 radical (unpaired) electrons. The summed E-state index contributed by atoms with van der Waals surface area (Å²) in [6.45, 7) is 6.53. The first kappa shape index (κ1) is 21.2. The predicted octanol–water partition coefficient (Wildman–Crippen LogP) is 2.12. The Morgan fingerprint density at radius 1 is 1.15 bits per heavy atom. The number of likely N-dealkylation sites (tertiary alicyclic amines) is 1. The van der Waals surface area contributed by atoms with Gasteiger partial charge >= 0.3 is 0 Å². The van der Waals surface area contributed by atoms with Crippen LogP contribution in [0.15, 0.2) is 35.3 Å². The first-order valence-electron chi connectivity index (χ1n) is 10.2. The van der Waals surface area contributed by atoms with E-state index in [9.17, 15) is 4.79 Å². The maximum atomic E-state index is 12.0. The number of aliphatic imine (C=N–C) groups is 1. The van der Waals surface area contributed by atoms with Gasteiger partial charge in [-0.2, -0.15) is 0 Å². The second-order valence-corrected chi connectivity index (χ2v) is 7.03. The van der Waals surface area contributed by atoms with Crippen molar-refractivity contribution in [2.45, 2.75) is 51.6 Å². The summed E-state index contributed by atoms with van der Waals surface area (Å²) in [6, 6.07) is 10.7. The molecule has 1 fully saturated rings. The van der Waals surface area contributed by atoms with Crippen molar-refractivity contribution >= 4 is 11.9 Å². The van der Waals surface area contributed by atoms with Crippen molar-refractivity contribution in [3.63, 3.8) is 0 Å². The first-order chi connectivity index (χ1) is 13.2. The van der Waals surface area contributed by atoms with Gasteiger partial charge in [-0.25, -0.2) is 0 Å². The maximum Gasteiger partial charge on any atom is 0.222 e. The number of rotatable bonds is 9. The van der Waals surface area contributed by atoms with Crippen LogP contribution in [0.2, 0.25) is 0 Å². The van der Waals surface area contributed by atoms with Crippen LogP contribution in [0.4, 0.5) is 0 Å². The minimum atomic E-state index is 0.0425. The minimum absolute atomic E-state index is 0.0425. The second kappa shape index (κ2) is 12.3. The topological polar surface area (TPSA) is 68.8 Å². The van der Waals surface area contributed by atoms with Crippen LogP contribution in [-0.2, 0) is 11.3 Å². The summed E-state index contributed by atoms with van der Waals surface area (Å²) in [5.74, 6) is 0.803. The zero-order valence-corrected chi connectivity index (χ0v) is 16.8. The first-order valence-corrected chi connectivity index (χ1v) is 10.2. The smallest absolute Gasteiger partial charge is 0.222 e. The van der Waals surface area contributed by atoms with Crippen molar-refractivity contribution in [3.05, 3.63) is 35.9 Å². The van der Waals surface area contributed by atoms with E-state index in [1.165, 1.54) is 32.2 Å². The Hall–Kier alpha value is -2.08. The summed E-state index contributed by atoms with van der Waals surface area (Å²) in [5.41, 5.74) is 1.11. The van der Waals surface area contributed by atoms with Crippen LogP contribution >= 0.6 is 0 Å². The maximum absolute atomic E-state index is 12.0. The number of hydrogen-bond acceptors (Lipinski definition) is 3. The summed E-state index contributed by atoms with van der Waals surface area (Å²) in [4.78, 5) is 18.8. The summed E-state index contributed by atoms with van der Waals surface area (Å²) in [5, 5.41) is 9.52. The highest BCUT2D eigenvalue weighted by Crippen LogP contribution is 2.18. The van der Waals surface area contributed by atoms with Gasteiger partial charge in [0.05, 0.1) is 0 Å². The number of nitrogens with one attached hydrogen (secondary N) is 3. The molecule has 0 aliphatic carbocycles. The van der Waals surface area contributed by atoms with Gasteiger partial charge in [0.25, 0.3) is 0 Å². The molecule has 1 saturated heterocycles. The number of carbonyl (C=O) groups excluding carboxylic acids is 1. The van der Waals surface area contributed by atoms with Crippen LogP contribution < -0.4 is 16.0 Å². The van der Waals surface area contributed by atoms with Gasteiger partial charge in [-0.1, -0.05) is 43.7 Å². The Morgan fingerprint density at radius 2 is 1.93 bits per heavy atom. The highest BCUT2D eigenvalue weighted by molar-refractivity contribution is 5.81. The fraction of sp³-hybridized carbons (Fsp3) is 0.619. The Labute approximate surface area is 163 Å². The van der Waals surface area contributed by atoms with Crippen molar-refractivity contribution in [1.82, 2.24) is 20.9 Å². The molecule has 0 spiro atoms. The van der Waals surface area contributed by atoms with Crippen molar-refractivity contribution in [2.24, 2.45) is 4.99 Å². The molecular weight excluding hydrogens is 338 g/mol. The van der Waals surface area contributed by atoms with Gasteiger partial charge in [0.15, 0.2) is 5.96 Å². The standard InChI is InChI=1S/C21H35N5O/c1-3-19-11-7-8-15-26(19)16-14-24-21(22-2)23-13-12-20(27)25-17-18-9-5-4-6-10-18/h4-6,9-10,19H,3,7-8,11-17H2,1-2H3,(H,25,27)(H2,22,23,24). The largest absolute Gasteiger partial charge is 0.356 e. The number of guanidine groups is 1. The van der Waals surface area contributed by atoms with Gasteiger partial charge in [-0.05, 0) is 31.4 Å². The Morgan fingerprint density at radius 3 is 2.67 bits per heavy atom. The van der Waals surface area contributed by atoms with Crippen LogP contribution in [0, 0.1) is 0 Å². The molecule has 1 heterocycles. The third-order valence-electron chi connectivity index (χ3n) is 5.11. The summed E-state index contributed by atoms with van der Waals surface area (Å²) in [7, 11) is 1.76. The Bertz CT molecular complexity index is 575. The van der Waals surface area contributed by atoms with E-state index in [2.05, 4.69) is 32.8 Å². The van der Waals surface area contributed by atoms with Crippen LogP contribution in [0.5, 0.6) is 0 Å². The summed E-state index contributed by atoms with van der Waals surface area (Å²) >= 11 is 0. The van der Waals surface area contributed by atoms with Gasteiger partial charge < -0.3 is 16.0 Å². The lowest BCUT2D eigenvalue weighted by molar-refractivity contribution is -0.121. The lowest BCUT2D eigenvalue weighted by atomic mass is 10.0. The monoisotopic (exact) mass is 373 g/mol. The Balaban J connectivity index is 1.58. The normalized spacial score (nSPS) is 18.1. The van der Waals surface area contributed by atoms with E-state index in [4.69, 9.17) is 0 Å². The van der Waals surface area contributed by atoms with Crippen LogP contribution in [0.3, 0.4) is 0 Å². The van der Waals surface area contributed by atoms with Crippen molar-refractivity contribution in [2.75, 3.05) is 33.2 Å². The molecule has 2 rings (SSSR count). The van der Waals surface area contributed by atoms with Gasteiger partial charge in [0, 0.05) is 45.7 Å². The van der Waals surface area contributed by atoms with Crippen molar-refractivity contribution in [3.8, 4) is 0 Å². The van der Waals surface area contributed by atoms with Crippen LogP contribution in [0.1, 0.15) is 44.6 Å². The molecule has 1 amide bonds. The zero-order chi connectivity index (χ0) is 19.3. The van der Waals surface area contributed by atoms with Gasteiger partial charge in [0.2, 0.25) is 5.91 Å². The number of benzene rings is 1. The number of carbonyl (C=O) groups is 1. The lowest BCUT2D eigenvalue weighted by Gasteiger charge is -2.35. The molecule has 150 valence electrons. The quantitative estimate of drug-likeness (QED) is 0.458. The van der Waals surface area contributed by atoms with E-state index in [1.54, 1.807) is 7.05 Å². The molecule has 0 bridgehead atoms. The molecule has 0 aromatic heterocycles. The predicted molar refractivity (Wildman–Crippen MR) is 112 cm³/mol. The van der Waals surface area contributed by atoms with Gasteiger partial charge in [-0.15, -0.1) is 0 Å². The fourth-order valence-corrected chi connectivity index (χ4v) is 3.53. The van der Waals surface area contributed by atoms with E-state index in [0.29, 0.717) is 19.5 Å². The highest BCUT2D eigenvalue weighted by atomic mass is 16.1. The van der Waals surface area contributed by atoms with Gasteiger partial charge in [-0.3, -0.25) is 14.7 Å². The molecule has 1 aliphatic heterocycles. The summed E-state index contributed by atoms with van der Waals surface area (Å²) in [6.07, 6.45) is 5.64. The molecule has 27 heavy (non-hydrogen) atoms. The second-order valence-electron chi connectivity index (χ2n) is 7.03.